The monoisotopic (exact) mass is 345 g/mol. The molecule has 2 aromatic heterocycles. The first-order valence-corrected chi connectivity index (χ1v) is 8.55. The van der Waals surface area contributed by atoms with Gasteiger partial charge in [0.1, 0.15) is 0 Å². The average molecular weight is 345 g/mol. The number of rotatable bonds is 3. The van der Waals surface area contributed by atoms with Crippen molar-refractivity contribution in [3.8, 4) is 0 Å². The molecule has 0 aliphatic carbocycles. The number of carbonyl (C=O) groups excluding carboxylic acids is 2. The summed E-state index contributed by atoms with van der Waals surface area (Å²) in [6, 6.07) is 2.04. The number of fused-ring (bicyclic) bond motifs is 1. The van der Waals surface area contributed by atoms with Crippen LogP contribution in [-0.4, -0.2) is 69.4 Å². The van der Waals surface area contributed by atoms with Crippen molar-refractivity contribution in [1.82, 2.24) is 24.6 Å². The minimum Gasteiger partial charge on any atom is -0.450 e. The zero-order valence-electron chi connectivity index (χ0n) is 14.8. The van der Waals surface area contributed by atoms with E-state index in [1.165, 1.54) is 0 Å². The fraction of sp³-hybridized carbons (Fsp3) is 0.529. The maximum Gasteiger partial charge on any atom is 0.409 e. The van der Waals surface area contributed by atoms with Crippen LogP contribution < -0.4 is 0 Å². The minimum atomic E-state index is -0.321. The Hall–Kier alpha value is -2.64. The summed E-state index contributed by atoms with van der Waals surface area (Å²) in [6.45, 7) is 8.14. The van der Waals surface area contributed by atoms with E-state index in [1.807, 2.05) is 24.6 Å². The molecule has 1 fully saturated rings. The zero-order chi connectivity index (χ0) is 18.0. The summed E-state index contributed by atoms with van der Waals surface area (Å²) in [5.41, 5.74) is 1.32. The molecule has 0 bridgehead atoms. The standard InChI is InChI=1S/C17H23N5O3/c1-4-25-17(24)21-7-5-20(6-8-21)16(23)14-9-13-11-19-22(12(2)3)15(13)18-10-14/h9-12H,4-8H2,1-3H3. The van der Waals surface area contributed by atoms with Gasteiger partial charge in [-0.15, -0.1) is 0 Å². The topological polar surface area (TPSA) is 80.6 Å². The lowest BCUT2D eigenvalue weighted by Gasteiger charge is -2.34. The molecule has 0 radical (unpaired) electrons. The number of piperazine rings is 1. The van der Waals surface area contributed by atoms with Crippen LogP contribution in [0.25, 0.3) is 11.0 Å². The summed E-state index contributed by atoms with van der Waals surface area (Å²) < 4.78 is 6.83. The fourth-order valence-electron chi connectivity index (χ4n) is 2.92. The molecule has 0 atom stereocenters. The molecule has 2 aromatic rings. The third-order valence-corrected chi connectivity index (χ3v) is 4.26. The molecule has 0 N–H and O–H groups in total. The summed E-state index contributed by atoms with van der Waals surface area (Å²) in [7, 11) is 0. The van der Waals surface area contributed by atoms with Crippen molar-refractivity contribution >= 4 is 23.0 Å². The van der Waals surface area contributed by atoms with Gasteiger partial charge in [0.2, 0.25) is 0 Å². The first-order chi connectivity index (χ1) is 12.0. The predicted octanol–water partition coefficient (Wildman–Crippen LogP) is 1.93. The van der Waals surface area contributed by atoms with E-state index in [0.717, 1.165) is 11.0 Å². The van der Waals surface area contributed by atoms with Gasteiger partial charge in [0, 0.05) is 43.8 Å². The molecular weight excluding hydrogens is 322 g/mol. The van der Waals surface area contributed by atoms with Crippen molar-refractivity contribution < 1.29 is 14.3 Å². The number of carbonyl (C=O) groups is 2. The Balaban J connectivity index is 1.70. The summed E-state index contributed by atoms with van der Waals surface area (Å²) in [6.07, 6.45) is 3.01. The van der Waals surface area contributed by atoms with E-state index in [0.29, 0.717) is 38.3 Å². The fourth-order valence-corrected chi connectivity index (χ4v) is 2.92. The summed E-state index contributed by atoms with van der Waals surface area (Å²) in [4.78, 5) is 32.2. The number of pyridine rings is 1. The van der Waals surface area contributed by atoms with Crippen LogP contribution in [0.15, 0.2) is 18.5 Å². The molecule has 1 aliphatic heterocycles. The van der Waals surface area contributed by atoms with Crippen molar-refractivity contribution in [3.05, 3.63) is 24.0 Å². The van der Waals surface area contributed by atoms with E-state index in [1.54, 1.807) is 29.1 Å². The molecule has 3 heterocycles. The van der Waals surface area contributed by atoms with Gasteiger partial charge in [-0.1, -0.05) is 0 Å². The smallest absolute Gasteiger partial charge is 0.409 e. The van der Waals surface area contributed by atoms with Crippen molar-refractivity contribution in [2.45, 2.75) is 26.8 Å². The maximum absolute atomic E-state index is 12.7. The molecule has 134 valence electrons. The summed E-state index contributed by atoms with van der Waals surface area (Å²) in [5, 5.41) is 5.18. The zero-order valence-corrected chi connectivity index (χ0v) is 14.8. The van der Waals surface area contributed by atoms with Crippen molar-refractivity contribution in [2.75, 3.05) is 32.8 Å². The van der Waals surface area contributed by atoms with Gasteiger partial charge in [-0.2, -0.15) is 5.10 Å². The normalized spacial score (nSPS) is 15.0. The number of amides is 2. The molecule has 0 spiro atoms. The first-order valence-electron chi connectivity index (χ1n) is 8.55. The largest absolute Gasteiger partial charge is 0.450 e. The SMILES string of the molecule is CCOC(=O)N1CCN(C(=O)c2cnc3c(cnn3C(C)C)c2)CC1. The molecule has 1 saturated heterocycles. The Kier molecular flexibility index (Phi) is 4.87. The van der Waals surface area contributed by atoms with Crippen LogP contribution in [0.3, 0.4) is 0 Å². The van der Waals surface area contributed by atoms with E-state index in [2.05, 4.69) is 10.1 Å². The number of ether oxygens (including phenoxy) is 1. The second kappa shape index (κ2) is 7.08. The number of nitrogens with zero attached hydrogens (tertiary/aromatic N) is 5. The van der Waals surface area contributed by atoms with Crippen LogP contribution in [0.5, 0.6) is 0 Å². The molecule has 8 nitrogen and oxygen atoms in total. The summed E-state index contributed by atoms with van der Waals surface area (Å²) >= 11 is 0. The van der Waals surface area contributed by atoms with E-state index in [9.17, 15) is 9.59 Å². The Labute approximate surface area is 146 Å². The van der Waals surface area contributed by atoms with Gasteiger partial charge in [-0.25, -0.2) is 14.5 Å². The molecule has 8 heteroatoms. The van der Waals surface area contributed by atoms with Gasteiger partial charge in [0.15, 0.2) is 5.65 Å². The molecule has 0 saturated carbocycles. The molecule has 0 aromatic carbocycles. The number of aromatic nitrogens is 3. The Morgan fingerprint density at radius 3 is 2.48 bits per heavy atom. The Bertz CT molecular complexity index is 778. The maximum atomic E-state index is 12.7. The first kappa shape index (κ1) is 17.2. The van der Waals surface area contributed by atoms with Gasteiger partial charge in [-0.05, 0) is 26.8 Å². The van der Waals surface area contributed by atoms with Crippen LogP contribution in [0, 0.1) is 0 Å². The minimum absolute atomic E-state index is 0.0739. The third-order valence-electron chi connectivity index (χ3n) is 4.26. The van der Waals surface area contributed by atoms with Crippen LogP contribution >= 0.6 is 0 Å². The molecular formula is C17H23N5O3. The Morgan fingerprint density at radius 1 is 1.16 bits per heavy atom. The van der Waals surface area contributed by atoms with Crippen molar-refractivity contribution in [2.24, 2.45) is 0 Å². The lowest BCUT2D eigenvalue weighted by Crippen LogP contribution is -2.50. The van der Waals surface area contributed by atoms with E-state index in [4.69, 9.17) is 4.74 Å². The molecule has 2 amide bonds. The third kappa shape index (κ3) is 3.42. The lowest BCUT2D eigenvalue weighted by molar-refractivity contribution is 0.0570. The van der Waals surface area contributed by atoms with Crippen LogP contribution in [0.4, 0.5) is 4.79 Å². The summed E-state index contributed by atoms with van der Waals surface area (Å²) in [5.74, 6) is -0.0739. The van der Waals surface area contributed by atoms with Gasteiger partial charge in [0.05, 0.1) is 18.4 Å². The van der Waals surface area contributed by atoms with E-state index in [-0.39, 0.29) is 18.0 Å². The number of hydrogen-bond acceptors (Lipinski definition) is 5. The average Bonchev–Trinajstić information content (AvgIpc) is 3.05. The lowest BCUT2D eigenvalue weighted by atomic mass is 10.2. The van der Waals surface area contributed by atoms with Gasteiger partial charge in [0.25, 0.3) is 5.91 Å². The van der Waals surface area contributed by atoms with Crippen molar-refractivity contribution in [3.63, 3.8) is 0 Å². The Morgan fingerprint density at radius 2 is 1.84 bits per heavy atom. The highest BCUT2D eigenvalue weighted by Crippen LogP contribution is 2.18. The van der Waals surface area contributed by atoms with Crippen LogP contribution in [0.1, 0.15) is 37.2 Å². The number of hydrogen-bond donors (Lipinski definition) is 0. The van der Waals surface area contributed by atoms with Crippen LogP contribution in [-0.2, 0) is 4.74 Å². The molecule has 0 unspecified atom stereocenters. The highest BCUT2D eigenvalue weighted by atomic mass is 16.6. The van der Waals surface area contributed by atoms with E-state index >= 15 is 0 Å². The molecule has 25 heavy (non-hydrogen) atoms. The second-order valence-corrected chi connectivity index (χ2v) is 6.30. The molecule has 1 aliphatic rings. The van der Waals surface area contributed by atoms with Gasteiger partial charge >= 0.3 is 6.09 Å². The quantitative estimate of drug-likeness (QED) is 0.849. The van der Waals surface area contributed by atoms with Crippen molar-refractivity contribution in [1.29, 1.82) is 0 Å². The highest BCUT2D eigenvalue weighted by Gasteiger charge is 2.26. The highest BCUT2D eigenvalue weighted by molar-refractivity contribution is 5.97. The van der Waals surface area contributed by atoms with Gasteiger partial charge < -0.3 is 14.5 Å². The van der Waals surface area contributed by atoms with E-state index < -0.39 is 0 Å². The molecule has 3 rings (SSSR count). The predicted molar refractivity (Wildman–Crippen MR) is 92.4 cm³/mol. The van der Waals surface area contributed by atoms with Gasteiger partial charge in [-0.3, -0.25) is 4.79 Å². The van der Waals surface area contributed by atoms with Crippen LogP contribution in [0.2, 0.25) is 0 Å². The second-order valence-electron chi connectivity index (χ2n) is 6.30.